The number of rotatable bonds is 8. The van der Waals surface area contributed by atoms with Crippen LogP contribution in [0.15, 0.2) is 24.3 Å². The molecule has 3 amide bonds. The largest absolute Gasteiger partial charge is 0.484 e. The molecule has 7 heteroatoms. The summed E-state index contributed by atoms with van der Waals surface area (Å²) in [7, 11) is 0. The van der Waals surface area contributed by atoms with Crippen LogP contribution in [-0.4, -0.2) is 30.9 Å². The van der Waals surface area contributed by atoms with Gasteiger partial charge in [0.05, 0.1) is 0 Å². The highest BCUT2D eigenvalue weighted by atomic mass is 16.5. The molecule has 0 radical (unpaired) electrons. The molecule has 0 saturated heterocycles. The Hall–Kier alpha value is -2.57. The Balaban J connectivity index is 1.24. The first kappa shape index (κ1) is 19.7. The minimum Gasteiger partial charge on any atom is -0.484 e. The van der Waals surface area contributed by atoms with Crippen molar-refractivity contribution < 1.29 is 19.1 Å². The van der Waals surface area contributed by atoms with Crippen LogP contribution in [0.5, 0.6) is 5.75 Å². The predicted octanol–water partition coefficient (Wildman–Crippen LogP) is 2.21. The Morgan fingerprint density at radius 3 is 2.34 bits per heavy atom. The average molecular weight is 399 g/mol. The molecule has 4 aliphatic rings. The second-order valence-electron chi connectivity index (χ2n) is 9.03. The quantitative estimate of drug-likeness (QED) is 0.622. The summed E-state index contributed by atoms with van der Waals surface area (Å²) in [5, 5.41) is 5.82. The van der Waals surface area contributed by atoms with E-state index in [0.29, 0.717) is 18.0 Å². The molecule has 7 nitrogen and oxygen atoms in total. The van der Waals surface area contributed by atoms with Crippen molar-refractivity contribution in [2.45, 2.75) is 44.9 Å². The highest BCUT2D eigenvalue weighted by molar-refractivity contribution is 5.91. The summed E-state index contributed by atoms with van der Waals surface area (Å²) in [4.78, 5) is 36.0. The number of amides is 3. The Kier molecular flexibility index (Phi) is 5.48. The van der Waals surface area contributed by atoms with Gasteiger partial charge in [0.1, 0.15) is 5.75 Å². The maximum atomic E-state index is 12.9. The number of nitrogens with one attached hydrogen (secondary N) is 2. The first-order valence-corrected chi connectivity index (χ1v) is 10.5. The van der Waals surface area contributed by atoms with Crippen molar-refractivity contribution in [1.29, 1.82) is 0 Å². The lowest BCUT2D eigenvalue weighted by Gasteiger charge is -2.55. The molecule has 1 aromatic rings. The first-order chi connectivity index (χ1) is 13.9. The lowest BCUT2D eigenvalue weighted by Crippen LogP contribution is -2.53. The minimum absolute atomic E-state index is 0.145. The highest BCUT2D eigenvalue weighted by Gasteiger charge is 2.54. The van der Waals surface area contributed by atoms with Crippen LogP contribution < -0.4 is 21.1 Å². The van der Waals surface area contributed by atoms with Crippen LogP contribution in [0.2, 0.25) is 0 Å². The summed E-state index contributed by atoms with van der Waals surface area (Å²) in [6.07, 6.45) is 7.19. The summed E-state index contributed by atoms with van der Waals surface area (Å²) < 4.78 is 5.24. The number of hydrogen-bond acceptors (Lipinski definition) is 4. The normalized spacial score (nSPS) is 29.3. The van der Waals surface area contributed by atoms with Crippen molar-refractivity contribution in [3.63, 3.8) is 0 Å². The second-order valence-corrected chi connectivity index (χ2v) is 9.03. The van der Waals surface area contributed by atoms with E-state index in [-0.39, 0.29) is 30.3 Å². The van der Waals surface area contributed by atoms with Crippen LogP contribution in [0.1, 0.15) is 44.9 Å². The van der Waals surface area contributed by atoms with Gasteiger partial charge in [-0.3, -0.25) is 14.4 Å². The standard InChI is InChI=1S/C22H29N3O4/c23-19(26)13-29-18-3-1-2-17(9-18)25-20(27)4-5-24-21(28)22-10-14-6-15(11-22)8-16(7-14)12-22/h1-3,9,14-16H,4-8,10-13H2,(H2,23,26)(H,24,28)(H,25,27). The van der Waals surface area contributed by atoms with Crippen molar-refractivity contribution >= 4 is 23.4 Å². The molecule has 156 valence electrons. The molecule has 0 spiro atoms. The van der Waals surface area contributed by atoms with Crippen LogP contribution in [0.3, 0.4) is 0 Å². The van der Waals surface area contributed by atoms with Crippen molar-refractivity contribution in [1.82, 2.24) is 5.32 Å². The third-order valence-electron chi connectivity index (χ3n) is 6.66. The van der Waals surface area contributed by atoms with E-state index in [2.05, 4.69) is 10.6 Å². The third-order valence-corrected chi connectivity index (χ3v) is 6.66. The maximum Gasteiger partial charge on any atom is 0.255 e. The molecule has 4 saturated carbocycles. The summed E-state index contributed by atoms with van der Waals surface area (Å²) in [6.45, 7) is 0.123. The lowest BCUT2D eigenvalue weighted by molar-refractivity contribution is -0.146. The fraction of sp³-hybridized carbons (Fsp3) is 0.591. The zero-order valence-electron chi connectivity index (χ0n) is 16.6. The Bertz CT molecular complexity index is 772. The molecule has 0 heterocycles. The zero-order valence-corrected chi connectivity index (χ0v) is 16.6. The molecular formula is C22H29N3O4. The molecule has 4 fully saturated rings. The molecule has 0 unspecified atom stereocenters. The maximum absolute atomic E-state index is 12.9. The van der Waals surface area contributed by atoms with Crippen LogP contribution >= 0.6 is 0 Å². The molecular weight excluding hydrogens is 370 g/mol. The number of hydrogen-bond donors (Lipinski definition) is 3. The van der Waals surface area contributed by atoms with E-state index in [0.717, 1.165) is 37.0 Å². The number of primary amides is 1. The second kappa shape index (κ2) is 8.05. The van der Waals surface area contributed by atoms with Gasteiger partial charge in [-0.25, -0.2) is 0 Å². The van der Waals surface area contributed by atoms with Gasteiger partial charge in [-0.2, -0.15) is 0 Å². The number of benzene rings is 1. The predicted molar refractivity (Wildman–Crippen MR) is 108 cm³/mol. The van der Waals surface area contributed by atoms with Crippen LogP contribution in [0.4, 0.5) is 5.69 Å². The lowest BCUT2D eigenvalue weighted by atomic mass is 9.49. The fourth-order valence-electron chi connectivity index (χ4n) is 5.91. The zero-order chi connectivity index (χ0) is 20.4. The number of anilines is 1. The van der Waals surface area contributed by atoms with Gasteiger partial charge in [-0.05, 0) is 68.4 Å². The van der Waals surface area contributed by atoms with Gasteiger partial charge in [-0.15, -0.1) is 0 Å². The third kappa shape index (κ3) is 4.54. The molecule has 4 aliphatic carbocycles. The summed E-state index contributed by atoms with van der Waals surface area (Å²) >= 11 is 0. The van der Waals surface area contributed by atoms with Crippen molar-refractivity contribution in [3.8, 4) is 5.75 Å². The molecule has 4 bridgehead atoms. The van der Waals surface area contributed by atoms with Crippen molar-refractivity contribution in [2.75, 3.05) is 18.5 Å². The van der Waals surface area contributed by atoms with Gasteiger partial charge >= 0.3 is 0 Å². The Morgan fingerprint density at radius 2 is 1.72 bits per heavy atom. The topological polar surface area (TPSA) is 111 Å². The number of carbonyl (C=O) groups is 3. The van der Waals surface area contributed by atoms with E-state index >= 15 is 0 Å². The number of ether oxygens (including phenoxy) is 1. The molecule has 0 aliphatic heterocycles. The highest BCUT2D eigenvalue weighted by Crippen LogP contribution is 2.60. The van der Waals surface area contributed by atoms with E-state index < -0.39 is 5.91 Å². The van der Waals surface area contributed by atoms with Gasteiger partial charge in [0, 0.05) is 30.1 Å². The first-order valence-electron chi connectivity index (χ1n) is 10.5. The Morgan fingerprint density at radius 1 is 1.07 bits per heavy atom. The number of nitrogens with two attached hydrogens (primary N) is 1. The molecule has 1 aromatic carbocycles. The van der Waals surface area contributed by atoms with E-state index in [1.54, 1.807) is 24.3 Å². The fourth-order valence-corrected chi connectivity index (χ4v) is 5.91. The summed E-state index contributed by atoms with van der Waals surface area (Å²) in [5.74, 6) is 2.03. The van der Waals surface area contributed by atoms with Gasteiger partial charge in [0.2, 0.25) is 11.8 Å². The van der Waals surface area contributed by atoms with E-state index in [9.17, 15) is 14.4 Å². The van der Waals surface area contributed by atoms with Crippen molar-refractivity contribution in [2.24, 2.45) is 28.9 Å². The van der Waals surface area contributed by atoms with Crippen molar-refractivity contribution in [3.05, 3.63) is 24.3 Å². The minimum atomic E-state index is -0.561. The van der Waals surface area contributed by atoms with Crippen LogP contribution in [-0.2, 0) is 14.4 Å². The van der Waals surface area contributed by atoms with Gasteiger partial charge in [-0.1, -0.05) is 6.07 Å². The molecule has 0 aromatic heterocycles. The van der Waals surface area contributed by atoms with Gasteiger partial charge < -0.3 is 21.1 Å². The summed E-state index contributed by atoms with van der Waals surface area (Å²) in [5.41, 5.74) is 5.45. The molecule has 29 heavy (non-hydrogen) atoms. The van der Waals surface area contributed by atoms with E-state index in [1.165, 1.54) is 19.3 Å². The van der Waals surface area contributed by atoms with Crippen LogP contribution in [0, 0.1) is 23.2 Å². The van der Waals surface area contributed by atoms with E-state index in [1.807, 2.05) is 0 Å². The number of carbonyl (C=O) groups excluding carboxylic acids is 3. The van der Waals surface area contributed by atoms with E-state index in [4.69, 9.17) is 10.5 Å². The van der Waals surface area contributed by atoms with Crippen LogP contribution in [0.25, 0.3) is 0 Å². The van der Waals surface area contributed by atoms with Gasteiger partial charge in [0.15, 0.2) is 6.61 Å². The van der Waals surface area contributed by atoms with Gasteiger partial charge in [0.25, 0.3) is 5.91 Å². The smallest absolute Gasteiger partial charge is 0.255 e. The molecule has 4 N–H and O–H groups in total. The summed E-state index contributed by atoms with van der Waals surface area (Å²) in [6, 6.07) is 6.78. The average Bonchev–Trinajstić information content (AvgIpc) is 2.65. The monoisotopic (exact) mass is 399 g/mol. The SMILES string of the molecule is NC(=O)COc1cccc(NC(=O)CCNC(=O)C23CC4CC(CC(C4)C2)C3)c1. The Labute approximate surface area is 170 Å². The molecule has 5 rings (SSSR count). The molecule has 0 atom stereocenters.